The van der Waals surface area contributed by atoms with Crippen LogP contribution in [-0.4, -0.2) is 14.7 Å². The van der Waals surface area contributed by atoms with Crippen molar-refractivity contribution in [2.75, 3.05) is 0 Å². The molecule has 1 unspecified atom stereocenters. The monoisotopic (exact) mass is 334 g/mol. The average Bonchev–Trinajstić information content (AvgIpc) is 2.51. The molecule has 3 rings (SSSR count). The van der Waals surface area contributed by atoms with Crippen molar-refractivity contribution in [3.63, 3.8) is 0 Å². The normalized spacial score (nSPS) is 12.5. The maximum absolute atomic E-state index is 12.5. The summed E-state index contributed by atoms with van der Waals surface area (Å²) in [4.78, 5) is 16.7. The van der Waals surface area contributed by atoms with Crippen molar-refractivity contribution in [2.45, 2.75) is 12.6 Å². The van der Waals surface area contributed by atoms with E-state index in [2.05, 4.69) is 4.98 Å². The molecule has 0 aliphatic rings. The fourth-order valence-corrected chi connectivity index (χ4v) is 2.83. The number of fused-ring (bicyclic) bond motifs is 1. The first-order valence-corrected chi connectivity index (χ1v) is 7.39. The number of rotatable bonds is 3. The lowest BCUT2D eigenvalue weighted by atomic mass is 10.1. The minimum Gasteiger partial charge on any atom is -0.387 e. The van der Waals surface area contributed by atoms with E-state index in [0.29, 0.717) is 20.9 Å². The molecule has 2 aromatic carbocycles. The fourth-order valence-electron chi connectivity index (χ4n) is 2.29. The molecule has 1 atom stereocenters. The molecule has 1 aromatic heterocycles. The van der Waals surface area contributed by atoms with Gasteiger partial charge >= 0.3 is 0 Å². The Morgan fingerprint density at radius 1 is 1.18 bits per heavy atom. The summed E-state index contributed by atoms with van der Waals surface area (Å²) in [6.07, 6.45) is 0.587. The fraction of sp³-hybridized carbons (Fsp3) is 0.125. The molecule has 0 spiro atoms. The van der Waals surface area contributed by atoms with E-state index in [1.807, 2.05) is 18.2 Å². The summed E-state index contributed by atoms with van der Waals surface area (Å²) >= 11 is 12.0. The van der Waals surface area contributed by atoms with E-state index in [4.69, 9.17) is 23.2 Å². The van der Waals surface area contributed by atoms with Gasteiger partial charge in [-0.25, -0.2) is 4.98 Å². The standard InChI is InChI=1S/C16H12Cl2N2O2/c17-11-6-12-15(13(18)7-11)19-9-20(16(12)22)8-14(21)10-4-2-1-3-5-10/h1-7,9,14,21H,8H2. The lowest BCUT2D eigenvalue weighted by Crippen LogP contribution is -2.23. The predicted molar refractivity (Wildman–Crippen MR) is 87.4 cm³/mol. The first-order chi connectivity index (χ1) is 10.6. The van der Waals surface area contributed by atoms with Gasteiger partial charge in [-0.1, -0.05) is 53.5 Å². The molecule has 22 heavy (non-hydrogen) atoms. The number of halogens is 2. The molecule has 0 bridgehead atoms. The predicted octanol–water partition coefficient (Wildman–Crippen LogP) is 3.44. The van der Waals surface area contributed by atoms with Crippen molar-refractivity contribution in [1.82, 2.24) is 9.55 Å². The summed E-state index contributed by atoms with van der Waals surface area (Å²) in [5, 5.41) is 11.3. The van der Waals surface area contributed by atoms with Crippen LogP contribution in [0.4, 0.5) is 0 Å². The number of hydrogen-bond donors (Lipinski definition) is 1. The Kier molecular flexibility index (Phi) is 4.16. The van der Waals surface area contributed by atoms with E-state index >= 15 is 0 Å². The molecule has 112 valence electrons. The highest BCUT2D eigenvalue weighted by atomic mass is 35.5. The highest BCUT2D eigenvalue weighted by Gasteiger charge is 2.13. The van der Waals surface area contributed by atoms with Crippen LogP contribution < -0.4 is 5.56 Å². The van der Waals surface area contributed by atoms with Crippen LogP contribution in [0.3, 0.4) is 0 Å². The second-order valence-electron chi connectivity index (χ2n) is 4.91. The molecule has 0 aliphatic heterocycles. The molecular weight excluding hydrogens is 323 g/mol. The Hall–Kier alpha value is -1.88. The molecule has 4 nitrogen and oxygen atoms in total. The van der Waals surface area contributed by atoms with Crippen molar-refractivity contribution in [3.8, 4) is 0 Å². The number of aromatic nitrogens is 2. The van der Waals surface area contributed by atoms with Crippen LogP contribution in [0.5, 0.6) is 0 Å². The van der Waals surface area contributed by atoms with Crippen molar-refractivity contribution in [2.24, 2.45) is 0 Å². The first kappa shape index (κ1) is 15.0. The molecule has 0 radical (unpaired) electrons. The highest BCUT2D eigenvalue weighted by Crippen LogP contribution is 2.24. The van der Waals surface area contributed by atoms with Gasteiger partial charge in [-0.15, -0.1) is 0 Å². The van der Waals surface area contributed by atoms with Crippen molar-refractivity contribution < 1.29 is 5.11 Å². The van der Waals surface area contributed by atoms with Gasteiger partial charge in [0.1, 0.15) is 0 Å². The van der Waals surface area contributed by atoms with Crippen LogP contribution >= 0.6 is 23.2 Å². The Morgan fingerprint density at radius 2 is 1.91 bits per heavy atom. The largest absolute Gasteiger partial charge is 0.387 e. The van der Waals surface area contributed by atoms with Crippen LogP contribution in [0.25, 0.3) is 10.9 Å². The van der Waals surface area contributed by atoms with Crippen LogP contribution in [0.15, 0.2) is 53.6 Å². The third kappa shape index (κ3) is 2.86. The van der Waals surface area contributed by atoms with Crippen molar-refractivity contribution in [3.05, 3.63) is 74.8 Å². The number of benzene rings is 2. The second kappa shape index (κ2) is 6.08. The molecule has 0 fully saturated rings. The third-order valence-electron chi connectivity index (χ3n) is 3.40. The minimum absolute atomic E-state index is 0.107. The average molecular weight is 335 g/mol. The summed E-state index contributed by atoms with van der Waals surface area (Å²) in [5.41, 5.74) is 0.851. The van der Waals surface area contributed by atoms with Gasteiger partial charge in [0.25, 0.3) is 5.56 Å². The zero-order valence-electron chi connectivity index (χ0n) is 11.4. The number of aliphatic hydroxyl groups is 1. The maximum Gasteiger partial charge on any atom is 0.261 e. The lowest BCUT2D eigenvalue weighted by molar-refractivity contribution is 0.155. The van der Waals surface area contributed by atoms with E-state index in [9.17, 15) is 9.90 Å². The summed E-state index contributed by atoms with van der Waals surface area (Å²) in [5.74, 6) is 0. The van der Waals surface area contributed by atoms with Crippen molar-refractivity contribution in [1.29, 1.82) is 0 Å². The maximum atomic E-state index is 12.5. The molecule has 3 aromatic rings. The van der Waals surface area contributed by atoms with Crippen molar-refractivity contribution >= 4 is 34.1 Å². The topological polar surface area (TPSA) is 55.1 Å². The van der Waals surface area contributed by atoms with Gasteiger partial charge in [0, 0.05) is 5.02 Å². The summed E-state index contributed by atoms with van der Waals surface area (Å²) in [7, 11) is 0. The minimum atomic E-state index is -0.798. The Balaban J connectivity index is 2.02. The smallest absolute Gasteiger partial charge is 0.261 e. The highest BCUT2D eigenvalue weighted by molar-refractivity contribution is 6.38. The number of aliphatic hydroxyl groups excluding tert-OH is 1. The van der Waals surface area contributed by atoms with E-state index < -0.39 is 6.10 Å². The van der Waals surface area contributed by atoms with Gasteiger partial charge in [-0.2, -0.15) is 0 Å². The first-order valence-electron chi connectivity index (χ1n) is 6.63. The molecule has 0 saturated heterocycles. The van der Waals surface area contributed by atoms with Gasteiger partial charge in [0.2, 0.25) is 0 Å². The molecule has 1 N–H and O–H groups in total. The second-order valence-corrected chi connectivity index (χ2v) is 5.76. The van der Waals surface area contributed by atoms with Gasteiger partial charge in [-0.05, 0) is 17.7 Å². The van der Waals surface area contributed by atoms with E-state index in [-0.39, 0.29) is 12.1 Å². The summed E-state index contributed by atoms with van der Waals surface area (Å²) < 4.78 is 1.35. The molecule has 1 heterocycles. The summed E-state index contributed by atoms with van der Waals surface area (Å²) in [6.45, 7) is 0.107. The Labute approximate surface area is 136 Å². The van der Waals surface area contributed by atoms with E-state index in [1.54, 1.807) is 18.2 Å². The Morgan fingerprint density at radius 3 is 2.64 bits per heavy atom. The number of nitrogens with zero attached hydrogens (tertiary/aromatic N) is 2. The van der Waals surface area contributed by atoms with Crippen LogP contribution in [0.2, 0.25) is 10.0 Å². The molecule has 6 heteroatoms. The lowest BCUT2D eigenvalue weighted by Gasteiger charge is -2.13. The molecule has 0 amide bonds. The zero-order valence-corrected chi connectivity index (χ0v) is 12.9. The van der Waals surface area contributed by atoms with Gasteiger partial charge in [0.05, 0.1) is 34.9 Å². The van der Waals surface area contributed by atoms with Gasteiger partial charge in [0.15, 0.2) is 0 Å². The quantitative estimate of drug-likeness (QED) is 0.798. The molecule has 0 saturated carbocycles. The SMILES string of the molecule is O=c1c2cc(Cl)cc(Cl)c2ncn1CC(O)c1ccccc1. The molecular formula is C16H12Cl2N2O2. The van der Waals surface area contributed by atoms with Crippen LogP contribution in [0, 0.1) is 0 Å². The zero-order chi connectivity index (χ0) is 15.7. The summed E-state index contributed by atoms with van der Waals surface area (Å²) in [6, 6.07) is 12.2. The van der Waals surface area contributed by atoms with Crippen LogP contribution in [-0.2, 0) is 6.54 Å². The van der Waals surface area contributed by atoms with Gasteiger partial charge < -0.3 is 5.11 Å². The van der Waals surface area contributed by atoms with E-state index in [1.165, 1.54) is 17.0 Å². The van der Waals surface area contributed by atoms with Gasteiger partial charge in [-0.3, -0.25) is 9.36 Å². The molecule has 0 aliphatic carbocycles. The van der Waals surface area contributed by atoms with E-state index in [0.717, 1.165) is 5.56 Å². The Bertz CT molecular complexity index is 878. The van der Waals surface area contributed by atoms with Crippen LogP contribution in [0.1, 0.15) is 11.7 Å². The third-order valence-corrected chi connectivity index (χ3v) is 3.91. The number of hydrogen-bond acceptors (Lipinski definition) is 3.